The van der Waals surface area contributed by atoms with Crippen molar-refractivity contribution in [3.05, 3.63) is 0 Å². The van der Waals surface area contributed by atoms with E-state index in [1.807, 2.05) is 0 Å². The average molecular weight is 202 g/mol. The van der Waals surface area contributed by atoms with Crippen LogP contribution in [0.3, 0.4) is 0 Å². The fourth-order valence-corrected chi connectivity index (χ4v) is 0. The van der Waals surface area contributed by atoms with Crippen molar-refractivity contribution in [3.63, 3.8) is 0 Å². The molecule has 0 heterocycles. The zero-order chi connectivity index (χ0) is 0. The van der Waals surface area contributed by atoms with Gasteiger partial charge in [-0.25, -0.2) is 0 Å². The van der Waals surface area contributed by atoms with Crippen molar-refractivity contribution >= 4 is 79.2 Å². The van der Waals surface area contributed by atoms with Crippen LogP contribution in [-0.2, 0) is 0 Å². The second-order valence-corrected chi connectivity index (χ2v) is 0. The van der Waals surface area contributed by atoms with Gasteiger partial charge < -0.3 is 0 Å². The van der Waals surface area contributed by atoms with Gasteiger partial charge in [0.05, 0.1) is 0 Å². The molecular weight excluding hydrogens is 189 g/mol. The zero-order valence-corrected chi connectivity index (χ0v) is 4.90. The molecular formula is C2H13Cl4Na. The van der Waals surface area contributed by atoms with Gasteiger partial charge in [-0.05, 0) is 0 Å². The minimum atomic E-state index is 0. The Morgan fingerprint density at radius 2 is 0.429 bits per heavy atom. The van der Waals surface area contributed by atoms with Crippen LogP contribution in [0.2, 0.25) is 0 Å². The molecule has 0 fully saturated rings. The summed E-state index contributed by atoms with van der Waals surface area (Å²) in [5.41, 5.74) is 0. The van der Waals surface area contributed by atoms with Crippen molar-refractivity contribution in [2.75, 3.05) is 0 Å². The molecule has 0 saturated heterocycles. The summed E-state index contributed by atoms with van der Waals surface area (Å²) < 4.78 is 0. The molecule has 0 atom stereocenters. The van der Waals surface area contributed by atoms with Crippen molar-refractivity contribution in [2.45, 2.75) is 14.9 Å². The predicted octanol–water partition coefficient (Wildman–Crippen LogP) is 2.31. The Morgan fingerprint density at radius 3 is 0.429 bits per heavy atom. The summed E-state index contributed by atoms with van der Waals surface area (Å²) in [4.78, 5) is 0. The first kappa shape index (κ1) is 131. The van der Waals surface area contributed by atoms with Crippen LogP contribution in [0.4, 0.5) is 0 Å². The Morgan fingerprint density at radius 1 is 0.429 bits per heavy atom. The van der Waals surface area contributed by atoms with Gasteiger partial charge in [0, 0.05) is 0 Å². The SMILES string of the molecule is C.C.Cl.Cl.Cl.Cl.[NaH]. The van der Waals surface area contributed by atoms with Crippen molar-refractivity contribution in [1.29, 1.82) is 0 Å². The van der Waals surface area contributed by atoms with Gasteiger partial charge in [-0.15, -0.1) is 49.6 Å². The van der Waals surface area contributed by atoms with Crippen LogP contribution in [0.5, 0.6) is 0 Å². The maximum atomic E-state index is 0. The van der Waals surface area contributed by atoms with E-state index in [9.17, 15) is 0 Å². The quantitative estimate of drug-likeness (QED) is 0.528. The number of halogens is 4. The third-order valence-electron chi connectivity index (χ3n) is 0. The Hall–Kier alpha value is 2.16. The molecule has 0 unspecified atom stereocenters. The van der Waals surface area contributed by atoms with E-state index in [0.717, 1.165) is 0 Å². The Kier molecular flexibility index (Phi) is 1670. The molecule has 7 heavy (non-hydrogen) atoms. The topological polar surface area (TPSA) is 0 Å². The minimum absolute atomic E-state index is 0. The van der Waals surface area contributed by atoms with Crippen molar-refractivity contribution < 1.29 is 0 Å². The molecule has 0 N–H and O–H groups in total. The molecule has 0 amide bonds. The Labute approximate surface area is 93.1 Å². The fraction of sp³-hybridized carbons (Fsp3) is 1.00. The van der Waals surface area contributed by atoms with E-state index < -0.39 is 0 Å². The van der Waals surface area contributed by atoms with E-state index in [1.54, 1.807) is 0 Å². The van der Waals surface area contributed by atoms with E-state index in [-0.39, 0.29) is 94.0 Å². The fourth-order valence-electron chi connectivity index (χ4n) is 0. The van der Waals surface area contributed by atoms with E-state index in [0.29, 0.717) is 0 Å². The van der Waals surface area contributed by atoms with Crippen LogP contribution in [0.25, 0.3) is 0 Å². The normalized spacial score (nSPS) is 0. The maximum absolute atomic E-state index is 0. The van der Waals surface area contributed by atoms with E-state index in [1.165, 1.54) is 0 Å². The van der Waals surface area contributed by atoms with Crippen molar-refractivity contribution in [3.8, 4) is 0 Å². The van der Waals surface area contributed by atoms with Crippen LogP contribution in [0.1, 0.15) is 14.9 Å². The molecule has 5 heteroatoms. The summed E-state index contributed by atoms with van der Waals surface area (Å²) in [7, 11) is 0. The summed E-state index contributed by atoms with van der Waals surface area (Å²) in [6.07, 6.45) is 0. The molecule has 0 aromatic rings. The van der Waals surface area contributed by atoms with Gasteiger partial charge in [-0.2, -0.15) is 0 Å². The number of hydrogen-bond donors (Lipinski definition) is 0. The average Bonchev–Trinajstić information content (AvgIpc) is 0. The molecule has 0 spiro atoms. The first-order valence-corrected chi connectivity index (χ1v) is 0. The van der Waals surface area contributed by atoms with Crippen molar-refractivity contribution in [2.24, 2.45) is 0 Å². The van der Waals surface area contributed by atoms with Gasteiger partial charge in [0.2, 0.25) is 0 Å². The molecule has 50 valence electrons. The monoisotopic (exact) mass is 200 g/mol. The Balaban J connectivity index is 0. The van der Waals surface area contributed by atoms with Gasteiger partial charge in [0.1, 0.15) is 0 Å². The summed E-state index contributed by atoms with van der Waals surface area (Å²) in [5.74, 6) is 0. The molecule has 0 aromatic heterocycles. The number of hydrogen-bond acceptors (Lipinski definition) is 0. The van der Waals surface area contributed by atoms with Crippen LogP contribution < -0.4 is 0 Å². The van der Waals surface area contributed by atoms with Gasteiger partial charge in [-0.1, -0.05) is 14.9 Å². The number of rotatable bonds is 0. The predicted molar refractivity (Wildman–Crippen MR) is 49.6 cm³/mol. The second kappa shape index (κ2) is 89.7. The molecule has 0 aliphatic heterocycles. The van der Waals surface area contributed by atoms with E-state index in [2.05, 4.69) is 0 Å². The third kappa shape index (κ3) is 66.4. The van der Waals surface area contributed by atoms with Crippen LogP contribution in [-0.4, -0.2) is 29.6 Å². The van der Waals surface area contributed by atoms with Gasteiger partial charge in [0.25, 0.3) is 0 Å². The molecule has 0 bridgehead atoms. The summed E-state index contributed by atoms with van der Waals surface area (Å²) in [5, 5.41) is 0. The van der Waals surface area contributed by atoms with Crippen molar-refractivity contribution in [1.82, 2.24) is 0 Å². The summed E-state index contributed by atoms with van der Waals surface area (Å²) in [6, 6.07) is 0. The molecule has 0 saturated carbocycles. The third-order valence-corrected chi connectivity index (χ3v) is 0. The van der Waals surface area contributed by atoms with Gasteiger partial charge >= 0.3 is 29.6 Å². The molecule has 0 aliphatic carbocycles. The molecule has 0 aliphatic rings. The summed E-state index contributed by atoms with van der Waals surface area (Å²) >= 11 is 0. The zero-order valence-electron chi connectivity index (χ0n) is 1.63. The van der Waals surface area contributed by atoms with Crippen LogP contribution in [0.15, 0.2) is 0 Å². The van der Waals surface area contributed by atoms with Crippen LogP contribution >= 0.6 is 49.6 Å². The molecule has 0 nitrogen and oxygen atoms in total. The van der Waals surface area contributed by atoms with E-state index >= 15 is 0 Å². The summed E-state index contributed by atoms with van der Waals surface area (Å²) in [6.45, 7) is 0. The van der Waals surface area contributed by atoms with E-state index in [4.69, 9.17) is 0 Å². The Bertz CT molecular complexity index is 9.65. The molecule has 0 radical (unpaired) electrons. The van der Waals surface area contributed by atoms with Gasteiger partial charge in [-0.3, -0.25) is 0 Å². The first-order chi connectivity index (χ1) is 0. The molecule has 0 aromatic carbocycles. The standard InChI is InChI=1S/2CH4.4ClH.Na.H/h2*1H4;4*1H;;. The molecule has 0 rings (SSSR count). The van der Waals surface area contributed by atoms with Crippen LogP contribution in [0, 0.1) is 0 Å². The second-order valence-electron chi connectivity index (χ2n) is 0. The van der Waals surface area contributed by atoms with Gasteiger partial charge in [0.15, 0.2) is 0 Å². The first-order valence-electron chi connectivity index (χ1n) is 0.